The van der Waals surface area contributed by atoms with E-state index in [-0.39, 0.29) is 11.8 Å². The Hall–Kier alpha value is -2.24. The van der Waals surface area contributed by atoms with E-state index in [1.165, 1.54) is 21.4 Å². The maximum atomic E-state index is 11.6. The second-order valence-corrected chi connectivity index (χ2v) is 9.45. The van der Waals surface area contributed by atoms with Crippen molar-refractivity contribution in [2.75, 3.05) is 20.6 Å². The molecule has 1 aliphatic carbocycles. The Morgan fingerprint density at radius 1 is 1.18 bits per heavy atom. The molecule has 4 nitrogen and oxygen atoms in total. The largest absolute Gasteiger partial charge is 0.481 e. The summed E-state index contributed by atoms with van der Waals surface area (Å²) >= 11 is 1.72. The smallest absolute Gasteiger partial charge is 0.303 e. The summed E-state index contributed by atoms with van der Waals surface area (Å²) in [6, 6.07) is 14.9. The average Bonchev–Trinajstić information content (AvgIpc) is 3.18. The van der Waals surface area contributed by atoms with Crippen molar-refractivity contribution in [3.8, 4) is 0 Å². The van der Waals surface area contributed by atoms with Gasteiger partial charge in [-0.25, -0.2) is 4.98 Å². The van der Waals surface area contributed by atoms with Gasteiger partial charge in [-0.15, -0.1) is 11.3 Å². The van der Waals surface area contributed by atoms with E-state index in [0.29, 0.717) is 0 Å². The van der Waals surface area contributed by atoms with Crippen molar-refractivity contribution >= 4 is 27.5 Å². The number of carboxylic acids is 1. The summed E-state index contributed by atoms with van der Waals surface area (Å²) in [5, 5.41) is 10.6. The molecule has 5 heteroatoms. The molecule has 3 aromatic rings. The summed E-state index contributed by atoms with van der Waals surface area (Å²) in [5.74, 6) is -0.722. The maximum Gasteiger partial charge on any atom is 0.303 e. The molecule has 1 heterocycles. The van der Waals surface area contributed by atoms with Gasteiger partial charge in [0.2, 0.25) is 0 Å². The van der Waals surface area contributed by atoms with Crippen LogP contribution in [0, 0.1) is 5.41 Å². The third-order valence-corrected chi connectivity index (χ3v) is 6.66. The lowest BCUT2D eigenvalue weighted by Gasteiger charge is -2.26. The number of aliphatic carboxylic acids is 1. The molecule has 1 aromatic heterocycles. The van der Waals surface area contributed by atoms with E-state index in [9.17, 15) is 9.90 Å². The van der Waals surface area contributed by atoms with E-state index in [0.717, 1.165) is 42.8 Å². The summed E-state index contributed by atoms with van der Waals surface area (Å²) in [7, 11) is 4.18. The van der Waals surface area contributed by atoms with Crippen LogP contribution in [0.3, 0.4) is 0 Å². The van der Waals surface area contributed by atoms with Crippen molar-refractivity contribution in [1.82, 2.24) is 9.88 Å². The summed E-state index contributed by atoms with van der Waals surface area (Å²) in [4.78, 5) is 18.7. The zero-order valence-electron chi connectivity index (χ0n) is 16.4. The molecule has 0 fully saturated rings. The Morgan fingerprint density at radius 2 is 1.89 bits per heavy atom. The highest BCUT2D eigenvalue weighted by molar-refractivity contribution is 7.18. The second kappa shape index (κ2) is 7.64. The molecule has 1 aliphatic rings. The number of aromatic nitrogens is 1. The normalized spacial score (nSPS) is 15.2. The molecule has 0 aliphatic heterocycles. The first kappa shape index (κ1) is 19.1. The van der Waals surface area contributed by atoms with Crippen LogP contribution < -0.4 is 0 Å². The van der Waals surface area contributed by atoms with Gasteiger partial charge in [0.05, 0.1) is 21.6 Å². The molecule has 0 unspecified atom stereocenters. The molecule has 0 saturated heterocycles. The molecule has 4 rings (SSSR count). The number of likely N-dealkylation sites (N-methyl/N-ethyl adjacent to an activating group) is 1. The number of nitrogens with zero attached hydrogens (tertiary/aromatic N) is 2. The van der Waals surface area contributed by atoms with Crippen LogP contribution in [0.1, 0.15) is 28.1 Å². The minimum atomic E-state index is -0.722. The van der Waals surface area contributed by atoms with Crippen molar-refractivity contribution in [3.05, 3.63) is 64.2 Å². The van der Waals surface area contributed by atoms with Gasteiger partial charge in [0.15, 0.2) is 0 Å². The number of rotatable bonds is 7. The monoisotopic (exact) mass is 394 g/mol. The fraction of sp³-hybridized carbons (Fsp3) is 0.391. The first-order chi connectivity index (χ1) is 13.4. The average molecular weight is 395 g/mol. The lowest BCUT2D eigenvalue weighted by atomic mass is 9.78. The van der Waals surface area contributed by atoms with Gasteiger partial charge in [0, 0.05) is 13.0 Å². The molecule has 0 amide bonds. The lowest BCUT2D eigenvalue weighted by molar-refractivity contribution is -0.139. The number of hydrogen-bond donors (Lipinski definition) is 1. The van der Waals surface area contributed by atoms with Crippen LogP contribution in [0.25, 0.3) is 10.2 Å². The third-order valence-electron chi connectivity index (χ3n) is 5.65. The van der Waals surface area contributed by atoms with Crippen LogP contribution >= 0.6 is 11.3 Å². The summed E-state index contributed by atoms with van der Waals surface area (Å²) in [5.41, 5.74) is 4.66. The van der Waals surface area contributed by atoms with Gasteiger partial charge >= 0.3 is 5.97 Å². The van der Waals surface area contributed by atoms with Gasteiger partial charge in [0.1, 0.15) is 0 Å². The standard InChI is InChI=1S/C23H26N2O2S/c1-25(2)10-9-16-7-8-19-20(11-16)28-21(24-19)14-23(15-22(26)27)12-17-5-3-4-6-18(17)13-23/h3-8,11H,9-10,12-15H2,1-2H3,(H,26,27). The van der Waals surface area contributed by atoms with Crippen LogP contribution in [0.4, 0.5) is 0 Å². The first-order valence-corrected chi connectivity index (χ1v) is 10.6. The Labute approximate surface area is 169 Å². The predicted octanol–water partition coefficient (Wildman–Crippen LogP) is 4.20. The molecule has 0 saturated carbocycles. The Morgan fingerprint density at radius 3 is 2.54 bits per heavy atom. The van der Waals surface area contributed by atoms with E-state index in [4.69, 9.17) is 4.98 Å². The number of thiazole rings is 1. The molecular weight excluding hydrogens is 368 g/mol. The van der Waals surface area contributed by atoms with Crippen LogP contribution in [0.15, 0.2) is 42.5 Å². The molecule has 28 heavy (non-hydrogen) atoms. The highest BCUT2D eigenvalue weighted by Gasteiger charge is 2.39. The van der Waals surface area contributed by atoms with Crippen LogP contribution in [-0.4, -0.2) is 41.6 Å². The van der Waals surface area contributed by atoms with Gasteiger partial charge in [-0.3, -0.25) is 4.79 Å². The van der Waals surface area contributed by atoms with Crippen molar-refractivity contribution in [2.45, 2.75) is 32.1 Å². The Balaban J connectivity index is 1.59. The summed E-state index contributed by atoms with van der Waals surface area (Å²) in [6.45, 7) is 1.02. The SMILES string of the molecule is CN(C)CCc1ccc2nc(CC3(CC(=O)O)Cc4ccccc4C3)sc2c1. The number of carbonyl (C=O) groups is 1. The Bertz CT molecular complexity index is 984. The highest BCUT2D eigenvalue weighted by atomic mass is 32.1. The molecule has 0 spiro atoms. The van der Waals surface area contributed by atoms with Gasteiger partial charge in [-0.2, -0.15) is 0 Å². The molecule has 0 radical (unpaired) electrons. The zero-order valence-corrected chi connectivity index (χ0v) is 17.3. The van der Waals surface area contributed by atoms with Gasteiger partial charge in [-0.05, 0) is 67.6 Å². The van der Waals surface area contributed by atoms with Crippen molar-refractivity contribution < 1.29 is 9.90 Å². The third kappa shape index (κ3) is 4.10. The van der Waals surface area contributed by atoms with Crippen LogP contribution in [-0.2, 0) is 30.5 Å². The van der Waals surface area contributed by atoms with Gasteiger partial charge in [-0.1, -0.05) is 30.3 Å². The predicted molar refractivity (Wildman–Crippen MR) is 114 cm³/mol. The van der Waals surface area contributed by atoms with Crippen molar-refractivity contribution in [1.29, 1.82) is 0 Å². The molecule has 1 N–H and O–H groups in total. The minimum absolute atomic E-state index is 0.186. The molecule has 2 aromatic carbocycles. The van der Waals surface area contributed by atoms with E-state index in [1.807, 2.05) is 12.1 Å². The van der Waals surface area contributed by atoms with E-state index in [1.54, 1.807) is 11.3 Å². The van der Waals surface area contributed by atoms with Crippen LogP contribution in [0.5, 0.6) is 0 Å². The Kier molecular flexibility index (Phi) is 5.21. The van der Waals surface area contributed by atoms with Gasteiger partial charge in [0.25, 0.3) is 0 Å². The lowest BCUT2D eigenvalue weighted by Crippen LogP contribution is -2.28. The quantitative estimate of drug-likeness (QED) is 0.652. The van der Waals surface area contributed by atoms with Crippen molar-refractivity contribution in [3.63, 3.8) is 0 Å². The second-order valence-electron chi connectivity index (χ2n) is 8.33. The fourth-order valence-corrected chi connectivity index (χ4v) is 5.53. The zero-order chi connectivity index (χ0) is 19.7. The highest BCUT2D eigenvalue weighted by Crippen LogP contribution is 2.43. The molecular formula is C23H26N2O2S. The van der Waals surface area contributed by atoms with E-state index in [2.05, 4.69) is 49.3 Å². The van der Waals surface area contributed by atoms with Crippen LogP contribution in [0.2, 0.25) is 0 Å². The van der Waals surface area contributed by atoms with E-state index >= 15 is 0 Å². The van der Waals surface area contributed by atoms with Crippen molar-refractivity contribution in [2.24, 2.45) is 5.41 Å². The number of benzene rings is 2. The number of fused-ring (bicyclic) bond motifs is 2. The molecule has 146 valence electrons. The van der Waals surface area contributed by atoms with Gasteiger partial charge < -0.3 is 10.0 Å². The fourth-order valence-electron chi connectivity index (χ4n) is 4.33. The summed E-state index contributed by atoms with van der Waals surface area (Å²) < 4.78 is 1.20. The van der Waals surface area contributed by atoms with E-state index < -0.39 is 5.97 Å². The molecule has 0 bridgehead atoms. The first-order valence-electron chi connectivity index (χ1n) is 9.74. The number of hydrogen-bond acceptors (Lipinski definition) is 4. The summed E-state index contributed by atoms with van der Waals surface area (Å²) in [6.07, 6.45) is 3.57. The maximum absolute atomic E-state index is 11.6. The topological polar surface area (TPSA) is 53.4 Å². The molecule has 0 atom stereocenters. The minimum Gasteiger partial charge on any atom is -0.481 e. The number of carboxylic acid groups (broad SMARTS) is 1.